The van der Waals surface area contributed by atoms with Gasteiger partial charge in [0.1, 0.15) is 16.4 Å². The molecule has 0 saturated carbocycles. The van der Waals surface area contributed by atoms with E-state index in [0.29, 0.717) is 18.0 Å². The van der Waals surface area contributed by atoms with Crippen molar-refractivity contribution in [3.8, 4) is 11.5 Å². The Hall–Kier alpha value is -1.61. The van der Waals surface area contributed by atoms with Crippen LogP contribution in [0, 0.1) is 0 Å². The minimum Gasteiger partial charge on any atom is -0.497 e. The van der Waals surface area contributed by atoms with Crippen molar-refractivity contribution in [2.45, 2.75) is 23.8 Å². The summed E-state index contributed by atoms with van der Waals surface area (Å²) in [6.07, 6.45) is 2.30. The highest BCUT2D eigenvalue weighted by molar-refractivity contribution is 7.89. The Morgan fingerprint density at radius 2 is 1.96 bits per heavy atom. The quantitative estimate of drug-likeness (QED) is 0.743. The van der Waals surface area contributed by atoms with Gasteiger partial charge >= 0.3 is 0 Å². The maximum Gasteiger partial charge on any atom is 0.244 e. The molecule has 8 heteroatoms. The molecule has 0 unspecified atom stereocenters. The second kappa shape index (κ2) is 8.39. The van der Waals surface area contributed by atoms with E-state index in [1.807, 2.05) is 5.38 Å². The number of hydrogen-bond acceptors (Lipinski definition) is 6. The monoisotopic (exact) mass is 396 g/mol. The second-order valence-electron chi connectivity index (χ2n) is 6.18. The smallest absolute Gasteiger partial charge is 0.244 e. The number of methoxy groups -OCH3 is 2. The van der Waals surface area contributed by atoms with Crippen LogP contribution in [0.15, 0.2) is 39.9 Å². The Labute approximate surface area is 158 Å². The maximum absolute atomic E-state index is 12.9. The molecule has 3 rings (SSSR count). The molecule has 1 fully saturated rings. The van der Waals surface area contributed by atoms with E-state index < -0.39 is 10.0 Å². The molecule has 142 valence electrons. The summed E-state index contributed by atoms with van der Waals surface area (Å²) in [5.41, 5.74) is 1.15. The molecule has 2 aromatic rings. The molecule has 0 amide bonds. The van der Waals surface area contributed by atoms with Crippen LogP contribution in [0.3, 0.4) is 0 Å². The summed E-state index contributed by atoms with van der Waals surface area (Å²) in [6, 6.07) is 6.86. The van der Waals surface area contributed by atoms with Crippen LogP contribution in [0.25, 0.3) is 0 Å². The number of thiophene rings is 1. The van der Waals surface area contributed by atoms with Gasteiger partial charge in [0.25, 0.3) is 0 Å². The lowest BCUT2D eigenvalue weighted by molar-refractivity contribution is 0.247. The van der Waals surface area contributed by atoms with Crippen molar-refractivity contribution >= 4 is 21.4 Å². The Morgan fingerprint density at radius 1 is 1.19 bits per heavy atom. The number of likely N-dealkylation sites (tertiary alicyclic amines) is 1. The Bertz CT molecular complexity index is 816. The normalized spacial score (nSPS) is 16.5. The number of nitrogens with one attached hydrogen (secondary N) is 1. The topological polar surface area (TPSA) is 67.9 Å². The first-order valence-electron chi connectivity index (χ1n) is 8.53. The van der Waals surface area contributed by atoms with Gasteiger partial charge in [-0.1, -0.05) is 0 Å². The fourth-order valence-corrected chi connectivity index (χ4v) is 5.16. The number of sulfonamides is 1. The fraction of sp³-hybridized carbons (Fsp3) is 0.444. The lowest BCUT2D eigenvalue weighted by Gasteiger charge is -2.27. The van der Waals surface area contributed by atoms with Crippen molar-refractivity contribution in [3.05, 3.63) is 40.6 Å². The number of rotatable bonds is 8. The van der Waals surface area contributed by atoms with Crippen molar-refractivity contribution in [2.24, 2.45) is 0 Å². The van der Waals surface area contributed by atoms with Crippen molar-refractivity contribution in [3.63, 3.8) is 0 Å². The Balaban J connectivity index is 1.82. The molecule has 6 nitrogen and oxygen atoms in total. The van der Waals surface area contributed by atoms with E-state index in [0.717, 1.165) is 31.5 Å². The number of benzene rings is 1. The molecule has 0 spiro atoms. The van der Waals surface area contributed by atoms with E-state index in [1.54, 1.807) is 23.5 Å². The average molecular weight is 397 g/mol. The molecule has 1 aromatic carbocycles. The number of ether oxygens (including phenoxy) is 2. The Kier molecular flexibility index (Phi) is 6.18. The summed E-state index contributed by atoms with van der Waals surface area (Å²) in [6.45, 7) is 2.30. The third kappa shape index (κ3) is 4.20. The van der Waals surface area contributed by atoms with Gasteiger partial charge in [0.15, 0.2) is 0 Å². The van der Waals surface area contributed by atoms with E-state index in [2.05, 4.69) is 21.1 Å². The van der Waals surface area contributed by atoms with Crippen LogP contribution in [-0.2, 0) is 10.0 Å². The van der Waals surface area contributed by atoms with Gasteiger partial charge in [-0.25, -0.2) is 13.1 Å². The van der Waals surface area contributed by atoms with Crippen molar-refractivity contribution < 1.29 is 17.9 Å². The SMILES string of the molecule is COc1ccc(OC)c(S(=O)(=O)NC[C@H](c2ccsc2)N2CCCC2)c1. The van der Waals surface area contributed by atoms with Gasteiger partial charge in [0, 0.05) is 18.7 Å². The van der Waals surface area contributed by atoms with Gasteiger partial charge in [-0.15, -0.1) is 0 Å². The molecule has 1 aromatic heterocycles. The third-order valence-electron chi connectivity index (χ3n) is 4.64. The highest BCUT2D eigenvalue weighted by Crippen LogP contribution is 2.30. The Morgan fingerprint density at radius 3 is 2.58 bits per heavy atom. The highest BCUT2D eigenvalue weighted by Gasteiger charge is 2.27. The van der Waals surface area contributed by atoms with Gasteiger partial charge in [-0.3, -0.25) is 4.90 Å². The largest absolute Gasteiger partial charge is 0.497 e. The van der Waals surface area contributed by atoms with E-state index in [-0.39, 0.29) is 10.9 Å². The van der Waals surface area contributed by atoms with Crippen LogP contribution in [-0.4, -0.2) is 47.2 Å². The van der Waals surface area contributed by atoms with Crippen LogP contribution in [0.2, 0.25) is 0 Å². The molecule has 1 aliphatic heterocycles. The molecule has 2 heterocycles. The summed E-state index contributed by atoms with van der Waals surface area (Å²) in [7, 11) is -0.766. The molecular weight excluding hydrogens is 372 g/mol. The molecule has 0 radical (unpaired) electrons. The van der Waals surface area contributed by atoms with Crippen LogP contribution in [0.4, 0.5) is 0 Å². The lowest BCUT2D eigenvalue weighted by Crippen LogP contribution is -2.36. The van der Waals surface area contributed by atoms with Gasteiger partial charge in [-0.2, -0.15) is 11.3 Å². The predicted molar refractivity (Wildman–Crippen MR) is 103 cm³/mol. The van der Waals surface area contributed by atoms with Crippen molar-refractivity contribution in [1.29, 1.82) is 0 Å². The van der Waals surface area contributed by atoms with Crippen LogP contribution in [0.5, 0.6) is 11.5 Å². The van der Waals surface area contributed by atoms with Crippen molar-refractivity contribution in [2.75, 3.05) is 33.9 Å². The number of hydrogen-bond donors (Lipinski definition) is 1. The fourth-order valence-electron chi connectivity index (χ4n) is 3.24. The molecular formula is C18H24N2O4S2. The van der Waals surface area contributed by atoms with Crippen LogP contribution < -0.4 is 14.2 Å². The van der Waals surface area contributed by atoms with E-state index in [1.165, 1.54) is 20.3 Å². The van der Waals surface area contributed by atoms with E-state index >= 15 is 0 Å². The molecule has 1 aliphatic rings. The molecule has 1 saturated heterocycles. The zero-order valence-corrected chi connectivity index (χ0v) is 16.6. The van der Waals surface area contributed by atoms with E-state index in [4.69, 9.17) is 9.47 Å². The van der Waals surface area contributed by atoms with Crippen LogP contribution >= 0.6 is 11.3 Å². The van der Waals surface area contributed by atoms with Gasteiger partial charge < -0.3 is 9.47 Å². The predicted octanol–water partition coefficient (Wildman–Crippen LogP) is 2.88. The third-order valence-corrected chi connectivity index (χ3v) is 6.78. The molecule has 0 bridgehead atoms. The molecule has 1 N–H and O–H groups in total. The van der Waals surface area contributed by atoms with Gasteiger partial charge in [0.05, 0.1) is 14.2 Å². The summed E-state index contributed by atoms with van der Waals surface area (Å²) < 4.78 is 39.0. The summed E-state index contributed by atoms with van der Waals surface area (Å²) in [5.74, 6) is 0.770. The highest BCUT2D eigenvalue weighted by atomic mass is 32.2. The minimum atomic E-state index is -3.73. The first kappa shape index (κ1) is 19.2. The zero-order chi connectivity index (χ0) is 18.6. The zero-order valence-electron chi connectivity index (χ0n) is 15.0. The summed E-state index contributed by atoms with van der Waals surface area (Å²) in [5, 5.41) is 4.11. The molecule has 0 aliphatic carbocycles. The maximum atomic E-state index is 12.9. The lowest BCUT2D eigenvalue weighted by atomic mass is 10.1. The first-order valence-corrected chi connectivity index (χ1v) is 11.0. The van der Waals surface area contributed by atoms with Gasteiger partial charge in [0.2, 0.25) is 10.0 Å². The molecule has 26 heavy (non-hydrogen) atoms. The number of nitrogens with zero attached hydrogens (tertiary/aromatic N) is 1. The van der Waals surface area contributed by atoms with E-state index in [9.17, 15) is 8.42 Å². The second-order valence-corrected chi connectivity index (χ2v) is 8.70. The van der Waals surface area contributed by atoms with Crippen LogP contribution in [0.1, 0.15) is 24.4 Å². The minimum absolute atomic E-state index is 0.0372. The summed E-state index contributed by atoms with van der Waals surface area (Å²) >= 11 is 1.63. The summed E-state index contributed by atoms with van der Waals surface area (Å²) in [4.78, 5) is 2.43. The van der Waals surface area contributed by atoms with Crippen molar-refractivity contribution in [1.82, 2.24) is 9.62 Å². The molecule has 1 atom stereocenters. The average Bonchev–Trinajstić information content (AvgIpc) is 3.35. The van der Waals surface area contributed by atoms with Gasteiger partial charge in [-0.05, 0) is 60.5 Å². The standard InChI is InChI=1S/C18H24N2O4S2/c1-23-15-5-6-17(24-2)18(11-15)26(21,22)19-12-16(14-7-10-25-13-14)20-8-3-4-9-20/h5-7,10-11,13,16,19H,3-4,8-9,12H2,1-2H3/t16-/m1/s1. The first-order chi connectivity index (χ1) is 12.5.